The lowest BCUT2D eigenvalue weighted by molar-refractivity contribution is 0.584. The van der Waals surface area contributed by atoms with Gasteiger partial charge in [-0.1, -0.05) is 34.8 Å². The van der Waals surface area contributed by atoms with E-state index in [-0.39, 0.29) is 20.0 Å². The summed E-state index contributed by atoms with van der Waals surface area (Å²) in [6.45, 7) is 0. The van der Waals surface area contributed by atoms with Crippen LogP contribution < -0.4 is 10.7 Å². The Morgan fingerprint density at radius 1 is 1.14 bits per heavy atom. The number of hydrazine groups is 1. The van der Waals surface area contributed by atoms with Crippen LogP contribution in [0.2, 0.25) is 15.1 Å². The normalized spacial score (nSPS) is 11.7. The molecule has 3 N–H and O–H groups in total. The van der Waals surface area contributed by atoms with Crippen LogP contribution in [0, 0.1) is 0 Å². The second-order valence-electron chi connectivity index (χ2n) is 2.32. The minimum Gasteiger partial charge on any atom is -0.257 e. The van der Waals surface area contributed by atoms with Crippen LogP contribution in [0.5, 0.6) is 0 Å². The van der Waals surface area contributed by atoms with Crippen molar-refractivity contribution >= 4 is 44.8 Å². The molecule has 0 spiro atoms. The third-order valence-corrected chi connectivity index (χ3v) is 3.71. The van der Waals surface area contributed by atoms with Crippen molar-refractivity contribution in [3.05, 3.63) is 27.2 Å². The maximum atomic E-state index is 11.3. The molecule has 78 valence electrons. The third-order valence-electron chi connectivity index (χ3n) is 1.39. The summed E-state index contributed by atoms with van der Waals surface area (Å²) in [6.07, 6.45) is 0. The van der Waals surface area contributed by atoms with Gasteiger partial charge in [-0.2, -0.15) is 0 Å². The number of benzene rings is 1. The van der Waals surface area contributed by atoms with Crippen molar-refractivity contribution in [2.75, 3.05) is 0 Å². The molecule has 0 radical (unpaired) electrons. The van der Waals surface area contributed by atoms with Crippen molar-refractivity contribution in [3.8, 4) is 0 Å². The molecular weight excluding hydrogens is 271 g/mol. The number of nitrogens with two attached hydrogens (primary N) is 1. The zero-order chi connectivity index (χ0) is 10.9. The summed E-state index contributed by atoms with van der Waals surface area (Å²) in [4.78, 5) is 1.33. The van der Waals surface area contributed by atoms with Gasteiger partial charge in [0.15, 0.2) is 0 Å². The van der Waals surface area contributed by atoms with Crippen LogP contribution in [0.25, 0.3) is 0 Å². The van der Waals surface area contributed by atoms with E-state index in [0.717, 1.165) is 0 Å². The molecule has 0 heterocycles. The molecule has 4 nitrogen and oxygen atoms in total. The highest BCUT2D eigenvalue weighted by molar-refractivity contribution is 7.89. The molecule has 0 unspecified atom stereocenters. The summed E-state index contributed by atoms with van der Waals surface area (Å²) in [5.74, 6) is 4.83. The van der Waals surface area contributed by atoms with Gasteiger partial charge in [-0.15, -0.1) is 4.83 Å². The number of hydrogen-bond acceptors (Lipinski definition) is 3. The lowest BCUT2D eigenvalue weighted by Crippen LogP contribution is -2.30. The Hall–Kier alpha value is -0.0400. The van der Waals surface area contributed by atoms with E-state index in [2.05, 4.69) is 0 Å². The maximum absolute atomic E-state index is 11.3. The van der Waals surface area contributed by atoms with Gasteiger partial charge in [-0.25, -0.2) is 8.42 Å². The first-order valence-electron chi connectivity index (χ1n) is 3.25. The molecule has 0 bridgehead atoms. The van der Waals surface area contributed by atoms with Gasteiger partial charge >= 0.3 is 0 Å². The quantitative estimate of drug-likeness (QED) is 0.638. The van der Waals surface area contributed by atoms with Crippen molar-refractivity contribution < 1.29 is 8.42 Å². The molecule has 0 saturated heterocycles. The molecule has 0 saturated carbocycles. The van der Waals surface area contributed by atoms with Gasteiger partial charge < -0.3 is 0 Å². The van der Waals surface area contributed by atoms with Gasteiger partial charge in [0.05, 0.1) is 10.0 Å². The smallest absolute Gasteiger partial charge is 0.256 e. The average Bonchev–Trinajstić information content (AvgIpc) is 2.01. The molecule has 0 atom stereocenters. The van der Waals surface area contributed by atoms with E-state index in [4.69, 9.17) is 40.6 Å². The fourth-order valence-corrected chi connectivity index (χ4v) is 3.02. The first-order chi connectivity index (χ1) is 6.38. The molecule has 14 heavy (non-hydrogen) atoms. The summed E-state index contributed by atoms with van der Waals surface area (Å²) in [5.41, 5.74) is 0. The zero-order valence-electron chi connectivity index (χ0n) is 6.59. The van der Waals surface area contributed by atoms with Crippen molar-refractivity contribution in [1.82, 2.24) is 4.83 Å². The molecule has 0 fully saturated rings. The lowest BCUT2D eigenvalue weighted by Gasteiger charge is -2.07. The molecule has 0 aromatic heterocycles. The predicted molar refractivity (Wildman–Crippen MR) is 56.0 cm³/mol. The highest BCUT2D eigenvalue weighted by atomic mass is 35.5. The Morgan fingerprint density at radius 2 is 1.57 bits per heavy atom. The molecule has 0 amide bonds. The molecule has 0 aliphatic heterocycles. The van der Waals surface area contributed by atoms with E-state index in [1.54, 1.807) is 4.83 Å². The Morgan fingerprint density at radius 3 is 1.93 bits per heavy atom. The molecule has 0 aliphatic rings. The SMILES string of the molecule is NNS(=O)(=O)c1c(Cl)cc(Cl)cc1Cl. The number of rotatable bonds is 2. The molecule has 0 aliphatic carbocycles. The summed E-state index contributed by atoms with van der Waals surface area (Å²) in [7, 11) is -3.87. The zero-order valence-corrected chi connectivity index (χ0v) is 9.67. The second kappa shape index (κ2) is 4.22. The van der Waals surface area contributed by atoms with E-state index < -0.39 is 10.0 Å². The van der Waals surface area contributed by atoms with Crippen LogP contribution in [0.15, 0.2) is 17.0 Å². The van der Waals surface area contributed by atoms with Crippen molar-refractivity contribution in [1.29, 1.82) is 0 Å². The van der Waals surface area contributed by atoms with Crippen LogP contribution in [0.3, 0.4) is 0 Å². The summed E-state index contributed by atoms with van der Waals surface area (Å²) in [5, 5.41) is 0.0804. The van der Waals surface area contributed by atoms with Gasteiger partial charge in [0.2, 0.25) is 0 Å². The van der Waals surface area contributed by atoms with Crippen LogP contribution >= 0.6 is 34.8 Å². The van der Waals surface area contributed by atoms with Gasteiger partial charge in [0.1, 0.15) is 4.90 Å². The van der Waals surface area contributed by atoms with Crippen LogP contribution in [-0.2, 0) is 10.0 Å². The van der Waals surface area contributed by atoms with Gasteiger partial charge in [-0.05, 0) is 12.1 Å². The van der Waals surface area contributed by atoms with E-state index in [1.807, 2.05) is 0 Å². The fourth-order valence-electron chi connectivity index (χ4n) is 0.845. The molecule has 1 rings (SSSR count). The standard InChI is InChI=1S/C6H5Cl3N2O2S/c7-3-1-4(8)6(5(9)2-3)14(12,13)11-10/h1-2,11H,10H2. The topological polar surface area (TPSA) is 72.2 Å². The molecule has 8 heteroatoms. The fraction of sp³-hybridized carbons (Fsp3) is 0. The Kier molecular flexibility index (Phi) is 3.63. The minimum absolute atomic E-state index is 0.0829. The van der Waals surface area contributed by atoms with Gasteiger partial charge in [-0.3, -0.25) is 5.84 Å². The highest BCUT2D eigenvalue weighted by Gasteiger charge is 2.20. The number of hydrogen-bond donors (Lipinski definition) is 2. The maximum Gasteiger partial charge on any atom is 0.256 e. The van der Waals surface area contributed by atoms with E-state index in [1.165, 1.54) is 12.1 Å². The molecule has 1 aromatic rings. The largest absolute Gasteiger partial charge is 0.257 e. The van der Waals surface area contributed by atoms with E-state index in [9.17, 15) is 8.42 Å². The van der Waals surface area contributed by atoms with Gasteiger partial charge in [0.25, 0.3) is 10.0 Å². The third kappa shape index (κ3) is 2.31. The monoisotopic (exact) mass is 274 g/mol. The van der Waals surface area contributed by atoms with Gasteiger partial charge in [0, 0.05) is 5.02 Å². The molecule has 1 aromatic carbocycles. The van der Waals surface area contributed by atoms with E-state index >= 15 is 0 Å². The average molecular weight is 276 g/mol. The lowest BCUT2D eigenvalue weighted by atomic mass is 10.4. The molecular formula is C6H5Cl3N2O2S. The van der Waals surface area contributed by atoms with Crippen molar-refractivity contribution in [2.45, 2.75) is 4.90 Å². The van der Waals surface area contributed by atoms with Crippen molar-refractivity contribution in [3.63, 3.8) is 0 Å². The first-order valence-corrected chi connectivity index (χ1v) is 5.87. The number of nitrogens with one attached hydrogen (secondary N) is 1. The van der Waals surface area contributed by atoms with Crippen LogP contribution in [-0.4, -0.2) is 8.42 Å². The van der Waals surface area contributed by atoms with Crippen LogP contribution in [0.4, 0.5) is 0 Å². The van der Waals surface area contributed by atoms with E-state index in [0.29, 0.717) is 0 Å². The highest BCUT2D eigenvalue weighted by Crippen LogP contribution is 2.32. The van der Waals surface area contributed by atoms with Crippen LogP contribution in [0.1, 0.15) is 0 Å². The Bertz CT molecular complexity index is 437. The summed E-state index contributed by atoms with van der Waals surface area (Å²) < 4.78 is 22.6. The predicted octanol–water partition coefficient (Wildman–Crippen LogP) is 1.80. The van der Waals surface area contributed by atoms with Crippen molar-refractivity contribution in [2.24, 2.45) is 5.84 Å². The summed E-state index contributed by atoms with van der Waals surface area (Å²) >= 11 is 16.9. The Balaban J connectivity index is 3.51. The second-order valence-corrected chi connectivity index (χ2v) is 5.22. The first kappa shape index (κ1) is 12.0. The number of halogens is 3. The summed E-state index contributed by atoms with van der Waals surface area (Å²) in [6, 6.07) is 2.53. The Labute approximate surface area is 96.0 Å². The number of sulfonamides is 1. The minimum atomic E-state index is -3.87.